The summed E-state index contributed by atoms with van der Waals surface area (Å²) in [7, 11) is 0. The Hall–Kier alpha value is -2.44. The van der Waals surface area contributed by atoms with Gasteiger partial charge < -0.3 is 15.4 Å². The molecule has 2 N–H and O–H groups in total. The molecule has 2 aromatic rings. The van der Waals surface area contributed by atoms with Crippen molar-refractivity contribution in [2.75, 3.05) is 25.1 Å². The van der Waals surface area contributed by atoms with Crippen molar-refractivity contribution in [3.05, 3.63) is 70.3 Å². The molecule has 1 aliphatic rings. The van der Waals surface area contributed by atoms with Gasteiger partial charge in [0.1, 0.15) is 0 Å². The third kappa shape index (κ3) is 4.59. The van der Waals surface area contributed by atoms with E-state index >= 15 is 0 Å². The highest BCUT2D eigenvalue weighted by Crippen LogP contribution is 2.26. The zero-order chi connectivity index (χ0) is 18.4. The van der Waals surface area contributed by atoms with Crippen LogP contribution in [-0.2, 0) is 4.74 Å². The van der Waals surface area contributed by atoms with Crippen molar-refractivity contribution in [3.63, 3.8) is 0 Å². The predicted octanol–water partition coefficient (Wildman–Crippen LogP) is 3.91. The average molecular weight is 355 g/mol. The van der Waals surface area contributed by atoms with Crippen molar-refractivity contribution in [3.8, 4) is 0 Å². The van der Waals surface area contributed by atoms with E-state index < -0.39 is 0 Å². The molecule has 0 aromatic heterocycles. The molecular weight excluding hydrogens is 330 g/mol. The molecule has 1 atom stereocenters. The monoisotopic (exact) mass is 355 g/mol. The highest BCUT2D eigenvalue weighted by atomic mass is 16.6. The van der Waals surface area contributed by atoms with Gasteiger partial charge >= 0.3 is 0 Å². The Kier molecular flexibility index (Phi) is 5.85. The Labute approximate surface area is 153 Å². The van der Waals surface area contributed by atoms with Crippen LogP contribution in [0.1, 0.15) is 31.4 Å². The minimum absolute atomic E-state index is 0.0741. The number of nitro benzene ring substituents is 1. The number of nitrogens with one attached hydrogen (secondary N) is 2. The van der Waals surface area contributed by atoms with Gasteiger partial charge in [-0.3, -0.25) is 10.1 Å². The molecule has 0 amide bonds. The van der Waals surface area contributed by atoms with Crippen molar-refractivity contribution in [1.29, 1.82) is 0 Å². The fourth-order valence-electron chi connectivity index (χ4n) is 3.39. The van der Waals surface area contributed by atoms with Crippen molar-refractivity contribution in [2.24, 2.45) is 0 Å². The van der Waals surface area contributed by atoms with Gasteiger partial charge in [0.2, 0.25) is 0 Å². The maximum absolute atomic E-state index is 10.8. The predicted molar refractivity (Wildman–Crippen MR) is 102 cm³/mol. The highest BCUT2D eigenvalue weighted by Gasteiger charge is 2.33. The van der Waals surface area contributed by atoms with Gasteiger partial charge in [-0.25, -0.2) is 0 Å². The highest BCUT2D eigenvalue weighted by molar-refractivity contribution is 5.48. The summed E-state index contributed by atoms with van der Waals surface area (Å²) in [5.41, 5.74) is 2.17. The van der Waals surface area contributed by atoms with E-state index in [0.29, 0.717) is 0 Å². The van der Waals surface area contributed by atoms with Crippen molar-refractivity contribution in [2.45, 2.75) is 31.3 Å². The van der Waals surface area contributed by atoms with E-state index in [4.69, 9.17) is 4.74 Å². The van der Waals surface area contributed by atoms with Gasteiger partial charge in [-0.1, -0.05) is 30.3 Å². The first-order valence-corrected chi connectivity index (χ1v) is 8.97. The Bertz CT molecular complexity index is 713. The molecule has 6 heteroatoms. The molecule has 1 heterocycles. The minimum Gasteiger partial charge on any atom is -0.383 e. The van der Waals surface area contributed by atoms with Crippen LogP contribution < -0.4 is 10.6 Å². The molecule has 1 fully saturated rings. The standard InChI is InChI=1S/C20H25N3O3/c1-16(17-5-3-2-4-6-17)22-20(11-13-26-14-12-20)15-21-18-7-9-19(10-8-18)23(24)25/h2-10,16,21-22H,11-15H2,1H3. The summed E-state index contributed by atoms with van der Waals surface area (Å²) in [4.78, 5) is 10.4. The summed E-state index contributed by atoms with van der Waals surface area (Å²) in [5.74, 6) is 0. The van der Waals surface area contributed by atoms with Crippen LogP contribution in [0.4, 0.5) is 11.4 Å². The number of ether oxygens (including phenoxy) is 1. The number of hydrogen-bond donors (Lipinski definition) is 2. The number of non-ortho nitro benzene ring substituents is 1. The van der Waals surface area contributed by atoms with Gasteiger partial charge in [0.05, 0.1) is 4.92 Å². The Morgan fingerprint density at radius 2 is 1.77 bits per heavy atom. The molecule has 6 nitrogen and oxygen atoms in total. The van der Waals surface area contributed by atoms with E-state index in [9.17, 15) is 10.1 Å². The molecule has 1 saturated heterocycles. The second kappa shape index (κ2) is 8.29. The number of hydrogen-bond acceptors (Lipinski definition) is 5. The molecular formula is C20H25N3O3. The average Bonchev–Trinajstić information content (AvgIpc) is 2.68. The lowest BCUT2D eigenvalue weighted by atomic mass is 9.88. The van der Waals surface area contributed by atoms with E-state index in [2.05, 4.69) is 41.8 Å². The number of benzene rings is 2. The number of nitrogens with zero attached hydrogens (tertiary/aromatic N) is 1. The van der Waals surface area contributed by atoms with Crippen LogP contribution in [0.2, 0.25) is 0 Å². The third-order valence-corrected chi connectivity index (χ3v) is 4.98. The molecule has 3 rings (SSSR count). The molecule has 0 spiro atoms. The zero-order valence-corrected chi connectivity index (χ0v) is 15.0. The first-order valence-electron chi connectivity index (χ1n) is 8.97. The van der Waals surface area contributed by atoms with Crippen LogP contribution in [0.3, 0.4) is 0 Å². The van der Waals surface area contributed by atoms with Gasteiger partial charge in [0, 0.05) is 49.2 Å². The lowest BCUT2D eigenvalue weighted by Crippen LogP contribution is -2.54. The summed E-state index contributed by atoms with van der Waals surface area (Å²) < 4.78 is 5.56. The van der Waals surface area contributed by atoms with Gasteiger partial charge in [0.15, 0.2) is 0 Å². The summed E-state index contributed by atoms with van der Waals surface area (Å²) in [6, 6.07) is 17.2. The Balaban J connectivity index is 1.68. The lowest BCUT2D eigenvalue weighted by Gasteiger charge is -2.41. The Morgan fingerprint density at radius 1 is 1.12 bits per heavy atom. The van der Waals surface area contributed by atoms with Crippen molar-refractivity contribution >= 4 is 11.4 Å². The summed E-state index contributed by atoms with van der Waals surface area (Å²) in [6.45, 7) is 4.39. The molecule has 1 unspecified atom stereocenters. The second-order valence-corrected chi connectivity index (χ2v) is 6.83. The normalized spacial score (nSPS) is 17.4. The molecule has 0 saturated carbocycles. The molecule has 138 valence electrons. The fourth-order valence-corrected chi connectivity index (χ4v) is 3.39. The van der Waals surface area contributed by atoms with E-state index in [1.165, 1.54) is 17.7 Å². The van der Waals surface area contributed by atoms with Crippen LogP contribution in [0.15, 0.2) is 54.6 Å². The SMILES string of the molecule is CC(NC1(CNc2ccc([N+](=O)[O-])cc2)CCOCC1)c1ccccc1. The smallest absolute Gasteiger partial charge is 0.269 e. The van der Waals surface area contributed by atoms with Crippen molar-refractivity contribution in [1.82, 2.24) is 5.32 Å². The first kappa shape index (κ1) is 18.4. The van der Waals surface area contributed by atoms with Gasteiger partial charge in [-0.05, 0) is 37.5 Å². The maximum Gasteiger partial charge on any atom is 0.269 e. The minimum atomic E-state index is -0.382. The molecule has 1 aliphatic heterocycles. The van der Waals surface area contributed by atoms with Crippen LogP contribution in [0.25, 0.3) is 0 Å². The summed E-state index contributed by atoms with van der Waals surface area (Å²) in [5, 5.41) is 18.0. The molecule has 26 heavy (non-hydrogen) atoms. The maximum atomic E-state index is 10.8. The van der Waals surface area contributed by atoms with Crippen LogP contribution >= 0.6 is 0 Å². The van der Waals surface area contributed by atoms with Gasteiger partial charge in [-0.15, -0.1) is 0 Å². The largest absolute Gasteiger partial charge is 0.383 e. The van der Waals surface area contributed by atoms with E-state index in [0.717, 1.165) is 38.3 Å². The van der Waals surface area contributed by atoms with Crippen LogP contribution in [0, 0.1) is 10.1 Å². The van der Waals surface area contributed by atoms with Gasteiger partial charge in [-0.2, -0.15) is 0 Å². The second-order valence-electron chi connectivity index (χ2n) is 6.83. The van der Waals surface area contributed by atoms with Gasteiger partial charge in [0.25, 0.3) is 5.69 Å². The van der Waals surface area contributed by atoms with Crippen LogP contribution in [0.5, 0.6) is 0 Å². The molecule has 0 aliphatic carbocycles. The molecule has 0 bridgehead atoms. The number of rotatable bonds is 7. The topological polar surface area (TPSA) is 76.4 Å². The van der Waals surface area contributed by atoms with Crippen molar-refractivity contribution < 1.29 is 9.66 Å². The first-order chi connectivity index (χ1) is 12.6. The summed E-state index contributed by atoms with van der Waals surface area (Å²) in [6.07, 6.45) is 1.84. The fraction of sp³-hybridized carbons (Fsp3) is 0.400. The number of anilines is 1. The summed E-state index contributed by atoms with van der Waals surface area (Å²) >= 11 is 0. The van der Waals surface area contributed by atoms with E-state index in [1.54, 1.807) is 12.1 Å². The molecule has 0 radical (unpaired) electrons. The van der Waals surface area contributed by atoms with E-state index in [1.807, 2.05) is 6.07 Å². The van der Waals surface area contributed by atoms with E-state index in [-0.39, 0.29) is 22.2 Å². The third-order valence-electron chi connectivity index (χ3n) is 4.98. The lowest BCUT2D eigenvalue weighted by molar-refractivity contribution is -0.384. The number of nitro groups is 1. The zero-order valence-electron chi connectivity index (χ0n) is 15.0. The molecule has 2 aromatic carbocycles. The van der Waals surface area contributed by atoms with Crippen LogP contribution in [-0.4, -0.2) is 30.2 Å². The quantitative estimate of drug-likeness (QED) is 0.582. The Morgan fingerprint density at radius 3 is 2.38 bits per heavy atom.